The van der Waals surface area contributed by atoms with Crippen molar-refractivity contribution in [3.63, 3.8) is 0 Å². The zero-order valence-electron chi connectivity index (χ0n) is 29.5. The van der Waals surface area contributed by atoms with Crippen molar-refractivity contribution < 1.29 is 52.9 Å². The molecule has 0 aromatic heterocycles. The van der Waals surface area contributed by atoms with Crippen molar-refractivity contribution in [2.24, 2.45) is 0 Å². The van der Waals surface area contributed by atoms with Crippen LogP contribution in [0.3, 0.4) is 0 Å². The van der Waals surface area contributed by atoms with Crippen LogP contribution in [0.4, 0.5) is 0 Å². The molecule has 6 rings (SSSR count). The maximum Gasteiger partial charge on any atom is -0.0279 e. The molecule has 0 atom stereocenters. The van der Waals surface area contributed by atoms with Crippen LogP contribution >= 0.6 is 0 Å². The zero-order chi connectivity index (χ0) is 32.9. The summed E-state index contributed by atoms with van der Waals surface area (Å²) in [7, 11) is 0. The Bertz CT molecular complexity index is 1680. The maximum atomic E-state index is 5.67. The summed E-state index contributed by atoms with van der Waals surface area (Å²) >= 11 is 1.79. The van der Waals surface area contributed by atoms with Gasteiger partial charge in [-0.05, 0) is 11.1 Å². The third-order valence-electron chi connectivity index (χ3n) is 7.94. The van der Waals surface area contributed by atoms with E-state index >= 15 is 0 Å². The number of benzene rings is 4. The van der Waals surface area contributed by atoms with Crippen LogP contribution in [0.1, 0.15) is 57.6 Å². The monoisotopic (exact) mass is 770 g/mol. The van der Waals surface area contributed by atoms with E-state index in [4.69, 9.17) is 4.74 Å². The molecule has 0 unspecified atom stereocenters. The predicted molar refractivity (Wildman–Crippen MR) is 200 cm³/mol. The van der Waals surface area contributed by atoms with Gasteiger partial charge in [0, 0.05) is 0 Å². The molecule has 5 heteroatoms. The number of hydrogen-bond donors (Lipinski definition) is 0. The Balaban J connectivity index is 0.000000246. The molecule has 48 heavy (non-hydrogen) atoms. The Morgan fingerprint density at radius 1 is 0.604 bits per heavy atom. The SMILES string of the molecule is C[Si](=[Zr+2])CCCCCCOC(C)(C)C.Cc1cc2c(-c3ccccc3)cccc2[cH-]1.Cc1cc2c(-c3ccccc3)cccc2[cH-]1.[Cl-].[Cl-]. The summed E-state index contributed by atoms with van der Waals surface area (Å²) < 4.78 is 5.67. The van der Waals surface area contributed by atoms with E-state index in [-0.39, 0.29) is 35.8 Å². The van der Waals surface area contributed by atoms with Gasteiger partial charge >= 0.3 is 105 Å². The number of aryl methyl sites for hydroxylation is 2. The molecule has 0 amide bonds. The molecular formula is C43H50Cl2OSiZr-2. The Hall–Kier alpha value is -2.26. The number of unbranched alkanes of at least 4 members (excludes halogenated alkanes) is 3. The first-order valence-corrected chi connectivity index (χ1v) is 22.6. The fraction of sp³-hybridized carbons (Fsp3) is 0.302. The van der Waals surface area contributed by atoms with Crippen LogP contribution in [0.15, 0.2) is 121 Å². The number of hydrogen-bond acceptors (Lipinski definition) is 1. The van der Waals surface area contributed by atoms with Gasteiger partial charge in [-0.15, -0.1) is 69.1 Å². The van der Waals surface area contributed by atoms with Gasteiger partial charge in [0.2, 0.25) is 0 Å². The number of halogens is 2. The zero-order valence-corrected chi connectivity index (χ0v) is 34.4. The number of rotatable bonds is 9. The van der Waals surface area contributed by atoms with Crippen molar-refractivity contribution in [2.75, 3.05) is 6.61 Å². The molecule has 0 saturated carbocycles. The van der Waals surface area contributed by atoms with Gasteiger partial charge in [-0.2, -0.15) is 12.1 Å². The van der Waals surface area contributed by atoms with Crippen LogP contribution in [-0.4, -0.2) is 17.6 Å². The van der Waals surface area contributed by atoms with Crippen LogP contribution in [-0.2, 0) is 28.1 Å². The summed E-state index contributed by atoms with van der Waals surface area (Å²) in [6.07, 6.45) is 5.44. The molecule has 0 aliphatic rings. The molecule has 6 aromatic carbocycles. The van der Waals surface area contributed by atoms with Gasteiger partial charge in [0.25, 0.3) is 0 Å². The minimum absolute atomic E-state index is 0. The van der Waals surface area contributed by atoms with Gasteiger partial charge < -0.3 is 24.8 Å². The first-order valence-electron chi connectivity index (χ1n) is 16.7. The van der Waals surface area contributed by atoms with Gasteiger partial charge in [-0.25, -0.2) is 0 Å². The van der Waals surface area contributed by atoms with Crippen molar-refractivity contribution in [3.8, 4) is 22.3 Å². The molecule has 0 saturated heterocycles. The summed E-state index contributed by atoms with van der Waals surface area (Å²) in [6.45, 7) is 14.0. The smallest absolute Gasteiger partial charge is 0.0279 e. The van der Waals surface area contributed by atoms with E-state index in [2.05, 4.69) is 162 Å². The molecule has 0 radical (unpaired) electrons. The van der Waals surface area contributed by atoms with Gasteiger partial charge in [-0.3, -0.25) is 0 Å². The molecule has 6 aromatic rings. The van der Waals surface area contributed by atoms with E-state index in [1.54, 1.807) is 23.3 Å². The number of fused-ring (bicyclic) bond motifs is 2. The minimum Gasteiger partial charge on any atom is -1.00 e. The first kappa shape index (κ1) is 41.9. The van der Waals surface area contributed by atoms with E-state index in [0.29, 0.717) is 0 Å². The molecule has 252 valence electrons. The van der Waals surface area contributed by atoms with E-state index in [9.17, 15) is 0 Å². The number of ether oxygens (including phenoxy) is 1. The fourth-order valence-electron chi connectivity index (χ4n) is 5.73. The van der Waals surface area contributed by atoms with E-state index in [0.717, 1.165) is 6.61 Å². The molecule has 1 nitrogen and oxygen atoms in total. The van der Waals surface area contributed by atoms with E-state index < -0.39 is 0 Å². The first-order chi connectivity index (χ1) is 22.1. The molecule has 0 aliphatic carbocycles. The molecule has 0 bridgehead atoms. The second-order valence-electron chi connectivity index (χ2n) is 13.3. The van der Waals surface area contributed by atoms with Gasteiger partial charge in [0.05, 0.1) is 0 Å². The van der Waals surface area contributed by atoms with Gasteiger partial charge in [-0.1, -0.05) is 97.8 Å². The van der Waals surface area contributed by atoms with E-state index in [1.807, 2.05) is 0 Å². The normalized spacial score (nSPS) is 10.7. The fourth-order valence-corrected chi connectivity index (χ4v) is 7.82. The summed E-state index contributed by atoms with van der Waals surface area (Å²) in [4.78, 5) is 0. The average Bonchev–Trinajstić information content (AvgIpc) is 3.62. The second-order valence-corrected chi connectivity index (χ2v) is 21.7. The van der Waals surface area contributed by atoms with Gasteiger partial charge in [0.1, 0.15) is 0 Å². The Morgan fingerprint density at radius 2 is 1.04 bits per heavy atom. The van der Waals surface area contributed by atoms with Crippen LogP contribution in [0, 0.1) is 13.8 Å². The topological polar surface area (TPSA) is 9.23 Å². The quantitative estimate of drug-likeness (QED) is 0.0915. The summed E-state index contributed by atoms with van der Waals surface area (Å²) in [5, 5.41) is 5.37. The summed E-state index contributed by atoms with van der Waals surface area (Å²) in [5.41, 5.74) is 8.05. The van der Waals surface area contributed by atoms with Crippen molar-refractivity contribution in [1.29, 1.82) is 0 Å². The molecular weight excluding hydrogens is 723 g/mol. The average molecular weight is 773 g/mol. The third-order valence-corrected chi connectivity index (χ3v) is 10.9. The summed E-state index contributed by atoms with van der Waals surface area (Å²) in [5.74, 6) is 0. The minimum atomic E-state index is 0. The van der Waals surface area contributed by atoms with Crippen LogP contribution < -0.4 is 24.8 Å². The largest absolute Gasteiger partial charge is 1.00 e. The van der Waals surface area contributed by atoms with Crippen LogP contribution in [0.25, 0.3) is 43.8 Å². The maximum absolute atomic E-state index is 5.67. The van der Waals surface area contributed by atoms with Crippen LogP contribution in [0.5, 0.6) is 0 Å². The van der Waals surface area contributed by atoms with Crippen molar-refractivity contribution in [3.05, 3.63) is 132 Å². The van der Waals surface area contributed by atoms with Crippen molar-refractivity contribution in [1.82, 2.24) is 0 Å². The molecule has 0 aliphatic heterocycles. The van der Waals surface area contributed by atoms with Crippen LogP contribution in [0.2, 0.25) is 12.6 Å². The van der Waals surface area contributed by atoms with Gasteiger partial charge in [0.15, 0.2) is 0 Å². The Morgan fingerprint density at radius 3 is 1.46 bits per heavy atom. The Kier molecular flexibility index (Phi) is 18.4. The standard InChI is InChI=1S/2C16H13.C11H24OSi.2ClH.Zr/c2*1-12-10-14-8-5-9-15(16(14)11-12)13-6-3-2-4-7-13;1-11(2,3)12-9-7-5-6-8-10-13-4;;;/h2*2-11H,1H3;5-10H2,1-4H3;2*1H;/q2*-1;;;;+2/p-2. The molecule has 0 heterocycles. The molecule has 0 N–H and O–H groups in total. The molecule has 0 spiro atoms. The van der Waals surface area contributed by atoms with E-state index in [1.165, 1.54) is 86.7 Å². The van der Waals surface area contributed by atoms with Crippen molar-refractivity contribution >= 4 is 27.0 Å². The predicted octanol–water partition coefficient (Wildman–Crippen LogP) is 6.61. The van der Waals surface area contributed by atoms with Crippen molar-refractivity contribution in [2.45, 2.75) is 78.5 Å². The Labute approximate surface area is 317 Å². The third kappa shape index (κ3) is 13.6. The molecule has 0 fully saturated rings. The second kappa shape index (κ2) is 21.1. The summed E-state index contributed by atoms with van der Waals surface area (Å²) in [6, 6.07) is 44.6.